The molecule has 2 N–H and O–H groups in total. The van der Waals surface area contributed by atoms with Crippen LogP contribution in [0.1, 0.15) is 23.1 Å². The normalized spacial score (nSPS) is 11.3. The highest BCUT2D eigenvalue weighted by Gasteiger charge is 2.14. The highest BCUT2D eigenvalue weighted by molar-refractivity contribution is 7.88. The summed E-state index contributed by atoms with van der Waals surface area (Å²) in [6.45, 7) is 5.47. The number of hydrogen-bond acceptors (Lipinski definition) is 6. The van der Waals surface area contributed by atoms with Gasteiger partial charge >= 0.3 is 5.63 Å². The summed E-state index contributed by atoms with van der Waals surface area (Å²) in [7, 11) is -1.92. The van der Waals surface area contributed by atoms with Gasteiger partial charge in [0, 0.05) is 35.7 Å². The van der Waals surface area contributed by atoms with Gasteiger partial charge in [0.2, 0.25) is 15.9 Å². The first kappa shape index (κ1) is 24.2. The number of carbonyl (C=O) groups is 1. The van der Waals surface area contributed by atoms with E-state index < -0.39 is 15.6 Å². The van der Waals surface area contributed by atoms with Gasteiger partial charge < -0.3 is 14.5 Å². The van der Waals surface area contributed by atoms with E-state index in [9.17, 15) is 18.0 Å². The van der Waals surface area contributed by atoms with Crippen LogP contribution < -0.4 is 20.4 Å². The summed E-state index contributed by atoms with van der Waals surface area (Å²) in [4.78, 5) is 24.9. The third-order valence-corrected chi connectivity index (χ3v) is 6.46. The number of aryl methyl sites for hydroxylation is 1. The Hall–Kier alpha value is -3.43. The summed E-state index contributed by atoms with van der Waals surface area (Å²) < 4.78 is 36.9. The van der Waals surface area contributed by atoms with Crippen molar-refractivity contribution in [2.24, 2.45) is 0 Å². The van der Waals surface area contributed by atoms with Crippen molar-refractivity contribution in [2.45, 2.75) is 25.5 Å². The molecule has 2 aromatic carbocycles. The number of nitrogens with one attached hydrogen (secondary N) is 2. The van der Waals surface area contributed by atoms with Gasteiger partial charge in [-0.2, -0.15) is 0 Å². The van der Waals surface area contributed by atoms with Crippen molar-refractivity contribution in [2.75, 3.05) is 19.0 Å². The molecule has 0 atom stereocenters. The lowest BCUT2D eigenvalue weighted by Gasteiger charge is -2.10. The molecule has 1 amide bonds. The molecule has 0 fully saturated rings. The Balaban J connectivity index is 1.63. The van der Waals surface area contributed by atoms with E-state index in [-0.39, 0.29) is 31.0 Å². The van der Waals surface area contributed by atoms with Gasteiger partial charge in [0.15, 0.2) is 0 Å². The maximum atomic E-state index is 12.4. The second-order valence-corrected chi connectivity index (χ2v) is 9.30. The Kier molecular flexibility index (Phi) is 7.67. The minimum absolute atomic E-state index is 0.0921. The smallest absolute Gasteiger partial charge is 0.339 e. The Labute approximate surface area is 192 Å². The number of amides is 1. The molecule has 0 saturated heterocycles. The van der Waals surface area contributed by atoms with Gasteiger partial charge in [-0.15, -0.1) is 6.58 Å². The first-order valence-electron chi connectivity index (χ1n) is 10.3. The van der Waals surface area contributed by atoms with Crippen LogP contribution >= 0.6 is 0 Å². The summed E-state index contributed by atoms with van der Waals surface area (Å²) >= 11 is 0. The van der Waals surface area contributed by atoms with E-state index in [0.29, 0.717) is 28.1 Å². The largest absolute Gasteiger partial charge is 0.497 e. The number of fused-ring (bicyclic) bond motifs is 1. The quantitative estimate of drug-likeness (QED) is 0.347. The second kappa shape index (κ2) is 10.5. The van der Waals surface area contributed by atoms with E-state index >= 15 is 0 Å². The Morgan fingerprint density at radius 3 is 2.58 bits per heavy atom. The zero-order chi connectivity index (χ0) is 24.0. The van der Waals surface area contributed by atoms with E-state index in [1.54, 1.807) is 36.4 Å². The minimum atomic E-state index is -3.45. The fourth-order valence-electron chi connectivity index (χ4n) is 3.39. The van der Waals surface area contributed by atoms with Crippen molar-refractivity contribution in [3.05, 3.63) is 82.2 Å². The molecule has 1 heterocycles. The maximum Gasteiger partial charge on any atom is 0.339 e. The highest BCUT2D eigenvalue weighted by atomic mass is 32.2. The number of carbonyl (C=O) groups excluding carboxylic acids is 1. The number of rotatable bonds is 10. The monoisotopic (exact) mass is 470 g/mol. The van der Waals surface area contributed by atoms with E-state index in [1.807, 2.05) is 13.0 Å². The third kappa shape index (κ3) is 6.30. The highest BCUT2D eigenvalue weighted by Crippen LogP contribution is 2.24. The van der Waals surface area contributed by atoms with Crippen LogP contribution in [-0.2, 0) is 27.0 Å². The SMILES string of the molecule is C=CCNS(=O)(=O)Cc1ccc(NC(=O)CCc2c(C)c3ccc(OC)cc3oc2=O)cc1. The molecule has 1 aromatic heterocycles. The lowest BCUT2D eigenvalue weighted by atomic mass is 10.0. The van der Waals surface area contributed by atoms with E-state index in [4.69, 9.17) is 9.15 Å². The second-order valence-electron chi connectivity index (χ2n) is 7.50. The Morgan fingerprint density at radius 1 is 1.18 bits per heavy atom. The number of methoxy groups -OCH3 is 1. The standard InChI is InChI=1S/C24H26N2O6S/c1-4-13-25-33(29,30)15-17-5-7-18(8-6-17)26-23(27)12-11-21-16(2)20-10-9-19(31-3)14-22(20)32-24(21)28/h4-10,14,25H,1,11-13,15H2,2-3H3,(H,26,27). The van der Waals surface area contributed by atoms with Crippen molar-refractivity contribution in [3.8, 4) is 5.75 Å². The van der Waals surface area contributed by atoms with Crippen LogP contribution in [0.15, 0.2) is 64.3 Å². The Morgan fingerprint density at radius 2 is 1.91 bits per heavy atom. The van der Waals surface area contributed by atoms with Crippen LogP contribution in [-0.4, -0.2) is 28.0 Å². The molecule has 0 aliphatic heterocycles. The van der Waals surface area contributed by atoms with Crippen molar-refractivity contribution in [1.82, 2.24) is 4.72 Å². The predicted molar refractivity (Wildman–Crippen MR) is 128 cm³/mol. The molecule has 0 spiro atoms. The molecule has 174 valence electrons. The van der Waals surface area contributed by atoms with Gasteiger partial charge in [-0.3, -0.25) is 4.79 Å². The third-order valence-electron chi connectivity index (χ3n) is 5.14. The molecule has 9 heteroatoms. The van der Waals surface area contributed by atoms with Gasteiger partial charge in [0.25, 0.3) is 0 Å². The topological polar surface area (TPSA) is 115 Å². The van der Waals surface area contributed by atoms with Crippen LogP contribution in [0, 0.1) is 6.92 Å². The molecule has 3 rings (SSSR count). The Bertz CT molecular complexity index is 1330. The number of hydrogen-bond donors (Lipinski definition) is 2. The molecule has 3 aromatic rings. The number of ether oxygens (including phenoxy) is 1. The summed E-state index contributed by atoms with van der Waals surface area (Å²) in [6.07, 6.45) is 1.79. The van der Waals surface area contributed by atoms with Gasteiger partial charge in [0.1, 0.15) is 11.3 Å². The molecular weight excluding hydrogens is 444 g/mol. The zero-order valence-electron chi connectivity index (χ0n) is 18.5. The summed E-state index contributed by atoms with van der Waals surface area (Å²) in [5.74, 6) is 0.156. The summed E-state index contributed by atoms with van der Waals surface area (Å²) in [6, 6.07) is 11.8. The van der Waals surface area contributed by atoms with Crippen LogP contribution in [0.5, 0.6) is 5.75 Å². The molecule has 0 saturated carbocycles. The van der Waals surface area contributed by atoms with Crippen LogP contribution in [0.4, 0.5) is 5.69 Å². The van der Waals surface area contributed by atoms with Crippen LogP contribution in [0.25, 0.3) is 11.0 Å². The van der Waals surface area contributed by atoms with Crippen molar-refractivity contribution in [3.63, 3.8) is 0 Å². The lowest BCUT2D eigenvalue weighted by molar-refractivity contribution is -0.116. The average molecular weight is 471 g/mol. The molecule has 0 aliphatic carbocycles. The lowest BCUT2D eigenvalue weighted by Crippen LogP contribution is -2.25. The molecule has 33 heavy (non-hydrogen) atoms. The first-order chi connectivity index (χ1) is 15.7. The number of sulfonamides is 1. The van der Waals surface area contributed by atoms with Crippen molar-refractivity contribution in [1.29, 1.82) is 0 Å². The predicted octanol–water partition coefficient (Wildman–Crippen LogP) is 3.29. The van der Waals surface area contributed by atoms with Gasteiger partial charge in [-0.25, -0.2) is 17.9 Å². The molecule has 8 nitrogen and oxygen atoms in total. The number of benzene rings is 2. The number of anilines is 1. The maximum absolute atomic E-state index is 12.4. The van der Waals surface area contributed by atoms with Crippen LogP contribution in [0.3, 0.4) is 0 Å². The molecule has 0 aliphatic rings. The fourth-order valence-corrected chi connectivity index (χ4v) is 4.50. The summed E-state index contributed by atoms with van der Waals surface area (Å²) in [5, 5.41) is 3.55. The van der Waals surface area contributed by atoms with Gasteiger partial charge in [-0.05, 0) is 48.7 Å². The van der Waals surface area contributed by atoms with Crippen molar-refractivity contribution >= 4 is 32.6 Å². The molecule has 0 bridgehead atoms. The molecular formula is C24H26N2O6S. The fraction of sp³-hybridized carbons (Fsp3) is 0.250. The summed E-state index contributed by atoms with van der Waals surface area (Å²) in [5.41, 5.74) is 2.31. The average Bonchev–Trinajstić information content (AvgIpc) is 2.78. The van der Waals surface area contributed by atoms with E-state index in [1.165, 1.54) is 13.2 Å². The van der Waals surface area contributed by atoms with E-state index in [0.717, 1.165) is 10.9 Å². The van der Waals surface area contributed by atoms with Gasteiger partial charge in [-0.1, -0.05) is 18.2 Å². The van der Waals surface area contributed by atoms with Crippen molar-refractivity contribution < 1.29 is 22.4 Å². The molecule has 0 unspecified atom stereocenters. The molecule has 0 radical (unpaired) electrons. The zero-order valence-corrected chi connectivity index (χ0v) is 19.3. The van der Waals surface area contributed by atoms with Gasteiger partial charge in [0.05, 0.1) is 12.9 Å². The van der Waals surface area contributed by atoms with E-state index in [2.05, 4.69) is 16.6 Å². The first-order valence-corrected chi connectivity index (χ1v) is 11.9. The minimum Gasteiger partial charge on any atom is -0.497 e. The van der Waals surface area contributed by atoms with Crippen LogP contribution in [0.2, 0.25) is 0 Å².